The minimum Gasteiger partial charge on any atom is -0.497 e. The van der Waals surface area contributed by atoms with Crippen molar-refractivity contribution in [2.24, 2.45) is 11.8 Å². The summed E-state index contributed by atoms with van der Waals surface area (Å²) < 4.78 is 21.5. The Morgan fingerprint density at radius 3 is 1.50 bits per heavy atom. The zero-order chi connectivity index (χ0) is 26.2. The normalized spacial score (nSPS) is 15.2. The fourth-order valence-electron chi connectivity index (χ4n) is 4.13. The highest BCUT2D eigenvalue weighted by Crippen LogP contribution is 2.36. The van der Waals surface area contributed by atoms with Crippen LogP contribution in [0.15, 0.2) is 72.8 Å². The Kier molecular flexibility index (Phi) is 9.33. The van der Waals surface area contributed by atoms with Crippen LogP contribution in [0.4, 0.5) is 0 Å². The van der Waals surface area contributed by atoms with Gasteiger partial charge in [0.05, 0.1) is 39.1 Å². The van der Waals surface area contributed by atoms with Gasteiger partial charge >= 0.3 is 5.97 Å². The van der Waals surface area contributed by atoms with Gasteiger partial charge in [0.15, 0.2) is 0 Å². The molecule has 0 aliphatic heterocycles. The molecule has 3 aromatic carbocycles. The van der Waals surface area contributed by atoms with E-state index in [-0.39, 0.29) is 0 Å². The van der Waals surface area contributed by atoms with Gasteiger partial charge in [-0.1, -0.05) is 38.1 Å². The van der Waals surface area contributed by atoms with Gasteiger partial charge in [0.2, 0.25) is 0 Å². The van der Waals surface area contributed by atoms with Crippen LogP contribution in [0.2, 0.25) is 0 Å². The number of carbonyl (C=O) groups is 1. The number of methoxy groups -OCH3 is 3. The summed E-state index contributed by atoms with van der Waals surface area (Å²) in [6, 6.07) is 20.8. The Morgan fingerprint density at radius 2 is 1.06 bits per heavy atom. The predicted molar refractivity (Wildman–Crippen MR) is 136 cm³/mol. The van der Waals surface area contributed by atoms with Gasteiger partial charge in [-0.2, -0.15) is 0 Å². The van der Waals surface area contributed by atoms with Crippen LogP contribution in [0.5, 0.6) is 17.2 Å². The largest absolute Gasteiger partial charge is 0.497 e. The lowest BCUT2D eigenvalue weighted by atomic mass is 9.82. The highest BCUT2D eigenvalue weighted by atomic mass is 16.5. The quantitative estimate of drug-likeness (QED) is 0.363. The third-order valence-corrected chi connectivity index (χ3v) is 6.51. The zero-order valence-corrected chi connectivity index (χ0v) is 21.3. The van der Waals surface area contributed by atoms with E-state index in [4.69, 9.17) is 18.9 Å². The van der Waals surface area contributed by atoms with E-state index in [2.05, 4.69) is 0 Å². The molecule has 0 amide bonds. The van der Waals surface area contributed by atoms with Crippen molar-refractivity contribution >= 4 is 5.97 Å². The minimum absolute atomic E-state index is 0.363. The van der Waals surface area contributed by atoms with Gasteiger partial charge < -0.3 is 29.2 Å². The first-order valence-electron chi connectivity index (χ1n) is 11.8. The van der Waals surface area contributed by atoms with Gasteiger partial charge in [-0.3, -0.25) is 0 Å². The summed E-state index contributed by atoms with van der Waals surface area (Å²) in [6.07, 6.45) is -2.69. The predicted octanol–water partition coefficient (Wildman–Crippen LogP) is 4.98. The molecule has 36 heavy (non-hydrogen) atoms. The molecule has 7 nitrogen and oxygen atoms in total. The fraction of sp³-hybridized carbons (Fsp3) is 0.345. The van der Waals surface area contributed by atoms with Crippen molar-refractivity contribution in [1.29, 1.82) is 0 Å². The first-order chi connectivity index (χ1) is 17.3. The van der Waals surface area contributed by atoms with Crippen LogP contribution in [0.3, 0.4) is 0 Å². The van der Waals surface area contributed by atoms with Crippen LogP contribution in [0.1, 0.15) is 47.5 Å². The maximum absolute atomic E-state index is 13.0. The lowest BCUT2D eigenvalue weighted by molar-refractivity contribution is -0.0552. The number of esters is 1. The summed E-state index contributed by atoms with van der Waals surface area (Å²) in [7, 11) is 4.70. The molecular formula is C29H34O7. The van der Waals surface area contributed by atoms with Crippen LogP contribution in [-0.4, -0.2) is 43.6 Å². The summed E-state index contributed by atoms with van der Waals surface area (Å²) in [5.74, 6) is 0.356. The number of aliphatic hydroxyl groups excluding tert-OH is 2. The SMILES string of the molecule is COc1ccc(C(=O)O[C@H](c2ccc(OC)cc2)[C@@H](C)[C@@H](O)[C@@H](C)[C@@H](O)c2ccc(OC)cc2)cc1. The van der Waals surface area contributed by atoms with E-state index in [1.54, 1.807) is 108 Å². The van der Waals surface area contributed by atoms with Crippen LogP contribution in [0.25, 0.3) is 0 Å². The molecule has 0 radical (unpaired) electrons. The molecule has 7 heteroatoms. The van der Waals surface area contributed by atoms with Gasteiger partial charge in [0.25, 0.3) is 0 Å². The van der Waals surface area contributed by atoms with Crippen molar-refractivity contribution in [3.63, 3.8) is 0 Å². The topological polar surface area (TPSA) is 94.5 Å². The van der Waals surface area contributed by atoms with E-state index in [0.29, 0.717) is 33.9 Å². The number of ether oxygens (including phenoxy) is 4. The third-order valence-electron chi connectivity index (χ3n) is 6.51. The van der Waals surface area contributed by atoms with Crippen molar-refractivity contribution in [2.45, 2.75) is 32.2 Å². The van der Waals surface area contributed by atoms with Gasteiger partial charge in [-0.15, -0.1) is 0 Å². The molecule has 0 fully saturated rings. The van der Waals surface area contributed by atoms with Crippen molar-refractivity contribution in [3.8, 4) is 17.2 Å². The summed E-state index contributed by atoms with van der Waals surface area (Å²) in [5.41, 5.74) is 1.73. The molecule has 2 N–H and O–H groups in total. The van der Waals surface area contributed by atoms with Crippen molar-refractivity contribution in [1.82, 2.24) is 0 Å². The van der Waals surface area contributed by atoms with E-state index < -0.39 is 36.1 Å². The second-order valence-electron chi connectivity index (χ2n) is 8.75. The number of hydrogen-bond acceptors (Lipinski definition) is 7. The molecule has 0 heterocycles. The number of rotatable bonds is 11. The van der Waals surface area contributed by atoms with Crippen LogP contribution in [-0.2, 0) is 4.74 Å². The molecule has 3 aromatic rings. The summed E-state index contributed by atoms with van der Waals surface area (Å²) in [5, 5.41) is 22.3. The fourth-order valence-corrected chi connectivity index (χ4v) is 4.13. The zero-order valence-electron chi connectivity index (χ0n) is 21.3. The Labute approximate surface area is 212 Å². The molecular weight excluding hydrogens is 460 g/mol. The van der Waals surface area contributed by atoms with Crippen LogP contribution >= 0.6 is 0 Å². The average Bonchev–Trinajstić information content (AvgIpc) is 2.94. The standard InChI is InChI=1S/C29H34O7/c1-18(27(31)20-6-12-23(33-3)13-7-20)26(30)19(2)28(21-8-14-24(34-4)15-9-21)36-29(32)22-10-16-25(35-5)17-11-22/h6-19,26-28,30-31H,1-5H3/t18-,19+,26+,27-,28+/m1/s1. The molecule has 0 unspecified atom stereocenters. The molecule has 0 aliphatic rings. The summed E-state index contributed by atoms with van der Waals surface area (Å²) >= 11 is 0. The lowest BCUT2D eigenvalue weighted by Gasteiger charge is -2.33. The molecule has 0 spiro atoms. The van der Waals surface area contributed by atoms with E-state index >= 15 is 0 Å². The van der Waals surface area contributed by atoms with Gasteiger partial charge in [0, 0.05) is 11.8 Å². The van der Waals surface area contributed by atoms with Crippen molar-refractivity contribution in [2.75, 3.05) is 21.3 Å². The lowest BCUT2D eigenvalue weighted by Crippen LogP contribution is -2.35. The maximum atomic E-state index is 13.0. The van der Waals surface area contributed by atoms with Gasteiger partial charge in [-0.25, -0.2) is 4.79 Å². The Bertz CT molecular complexity index is 1090. The molecule has 0 bridgehead atoms. The second kappa shape index (κ2) is 12.4. The monoisotopic (exact) mass is 494 g/mol. The Morgan fingerprint density at radius 1 is 0.639 bits per heavy atom. The minimum atomic E-state index is -0.988. The average molecular weight is 495 g/mol. The molecule has 0 saturated carbocycles. The second-order valence-corrected chi connectivity index (χ2v) is 8.75. The highest BCUT2D eigenvalue weighted by Gasteiger charge is 2.35. The summed E-state index contributed by atoms with van der Waals surface area (Å²) in [4.78, 5) is 13.0. The molecule has 192 valence electrons. The number of aliphatic hydroxyl groups is 2. The first kappa shape index (κ1) is 27.0. The molecule has 0 aromatic heterocycles. The van der Waals surface area contributed by atoms with E-state index in [0.717, 1.165) is 0 Å². The van der Waals surface area contributed by atoms with E-state index in [9.17, 15) is 15.0 Å². The van der Waals surface area contributed by atoms with Gasteiger partial charge in [0.1, 0.15) is 23.4 Å². The van der Waals surface area contributed by atoms with Crippen LogP contribution < -0.4 is 14.2 Å². The van der Waals surface area contributed by atoms with Crippen molar-refractivity contribution in [3.05, 3.63) is 89.5 Å². The van der Waals surface area contributed by atoms with Crippen molar-refractivity contribution < 1.29 is 34.0 Å². The molecule has 0 aliphatic carbocycles. The van der Waals surface area contributed by atoms with E-state index in [1.807, 2.05) is 0 Å². The summed E-state index contributed by atoms with van der Waals surface area (Å²) in [6.45, 7) is 3.57. The first-order valence-corrected chi connectivity index (χ1v) is 11.8. The smallest absolute Gasteiger partial charge is 0.338 e. The van der Waals surface area contributed by atoms with Gasteiger partial charge in [-0.05, 0) is 59.7 Å². The highest BCUT2D eigenvalue weighted by molar-refractivity contribution is 5.89. The number of carbonyl (C=O) groups excluding carboxylic acids is 1. The Hall–Kier alpha value is -3.55. The third kappa shape index (κ3) is 6.36. The molecule has 5 atom stereocenters. The molecule has 3 rings (SSSR count). The number of benzene rings is 3. The van der Waals surface area contributed by atoms with E-state index in [1.165, 1.54) is 0 Å². The maximum Gasteiger partial charge on any atom is 0.338 e. The Balaban J connectivity index is 1.84. The van der Waals surface area contributed by atoms with Crippen LogP contribution in [0, 0.1) is 11.8 Å². The molecule has 0 saturated heterocycles. The number of hydrogen-bond donors (Lipinski definition) is 2.